The molecule has 96 valence electrons. The number of hydrogen-bond donors (Lipinski definition) is 1. The molecule has 2 aromatic heterocycles. The molecule has 0 aliphatic heterocycles. The van der Waals surface area contributed by atoms with Crippen molar-refractivity contribution in [1.82, 2.24) is 14.8 Å². The molecule has 0 amide bonds. The molecule has 0 radical (unpaired) electrons. The Morgan fingerprint density at radius 2 is 2.28 bits per heavy atom. The quantitative estimate of drug-likeness (QED) is 0.886. The van der Waals surface area contributed by atoms with Gasteiger partial charge in [-0.2, -0.15) is 5.10 Å². The van der Waals surface area contributed by atoms with Crippen molar-refractivity contribution < 1.29 is 4.74 Å². The Morgan fingerprint density at radius 3 is 2.94 bits per heavy atom. The van der Waals surface area contributed by atoms with Crippen LogP contribution in [0.5, 0.6) is 5.75 Å². The number of nitrogens with zero attached hydrogens (tertiary/aromatic N) is 3. The summed E-state index contributed by atoms with van der Waals surface area (Å²) in [6.45, 7) is 2.06. The SMILES string of the molecule is CCc1nn(C)cc1C(N)c1ncccc1OC. The molecule has 2 heterocycles. The van der Waals surface area contributed by atoms with Gasteiger partial charge < -0.3 is 10.5 Å². The monoisotopic (exact) mass is 246 g/mol. The minimum atomic E-state index is -0.315. The largest absolute Gasteiger partial charge is 0.495 e. The Hall–Kier alpha value is -1.88. The van der Waals surface area contributed by atoms with E-state index in [0.717, 1.165) is 23.4 Å². The van der Waals surface area contributed by atoms with Crippen LogP contribution < -0.4 is 10.5 Å². The van der Waals surface area contributed by atoms with E-state index in [-0.39, 0.29) is 6.04 Å². The number of hydrogen-bond acceptors (Lipinski definition) is 4. The minimum absolute atomic E-state index is 0.315. The molecule has 5 nitrogen and oxygen atoms in total. The molecule has 0 spiro atoms. The number of nitrogens with two attached hydrogens (primary N) is 1. The summed E-state index contributed by atoms with van der Waals surface area (Å²) in [6.07, 6.45) is 4.51. The first kappa shape index (κ1) is 12.6. The molecule has 5 heteroatoms. The topological polar surface area (TPSA) is 66.0 Å². The van der Waals surface area contributed by atoms with Gasteiger partial charge in [0.1, 0.15) is 11.4 Å². The van der Waals surface area contributed by atoms with Gasteiger partial charge in [0.2, 0.25) is 0 Å². The van der Waals surface area contributed by atoms with Crippen molar-refractivity contribution >= 4 is 0 Å². The summed E-state index contributed by atoms with van der Waals surface area (Å²) in [5.41, 5.74) is 9.02. The highest BCUT2D eigenvalue weighted by molar-refractivity contribution is 5.37. The zero-order valence-corrected chi connectivity index (χ0v) is 10.9. The summed E-state index contributed by atoms with van der Waals surface area (Å²) < 4.78 is 7.08. The molecule has 0 aromatic carbocycles. The zero-order chi connectivity index (χ0) is 13.1. The fourth-order valence-electron chi connectivity index (χ4n) is 2.04. The molecule has 0 aliphatic rings. The Morgan fingerprint density at radius 1 is 1.50 bits per heavy atom. The van der Waals surface area contributed by atoms with E-state index in [1.165, 1.54) is 0 Å². The maximum atomic E-state index is 6.29. The molecule has 2 aromatic rings. The van der Waals surface area contributed by atoms with Gasteiger partial charge in [-0.3, -0.25) is 9.67 Å². The van der Waals surface area contributed by atoms with Gasteiger partial charge in [0.05, 0.1) is 18.8 Å². The highest BCUT2D eigenvalue weighted by Crippen LogP contribution is 2.27. The van der Waals surface area contributed by atoms with E-state index >= 15 is 0 Å². The van der Waals surface area contributed by atoms with Crippen LogP contribution >= 0.6 is 0 Å². The fraction of sp³-hybridized carbons (Fsp3) is 0.385. The van der Waals surface area contributed by atoms with Gasteiger partial charge in [-0.05, 0) is 18.6 Å². The van der Waals surface area contributed by atoms with Gasteiger partial charge in [-0.1, -0.05) is 6.92 Å². The van der Waals surface area contributed by atoms with Crippen molar-refractivity contribution in [2.24, 2.45) is 12.8 Å². The van der Waals surface area contributed by atoms with Crippen molar-refractivity contribution in [2.75, 3.05) is 7.11 Å². The minimum Gasteiger partial charge on any atom is -0.495 e. The second kappa shape index (κ2) is 5.18. The predicted octanol–water partition coefficient (Wildman–Crippen LogP) is 1.43. The van der Waals surface area contributed by atoms with E-state index in [9.17, 15) is 0 Å². The van der Waals surface area contributed by atoms with Crippen LogP contribution in [-0.4, -0.2) is 21.9 Å². The molecular weight excluding hydrogens is 228 g/mol. The molecule has 1 unspecified atom stereocenters. The Bertz CT molecular complexity index is 536. The first-order valence-electron chi connectivity index (χ1n) is 5.94. The van der Waals surface area contributed by atoms with Gasteiger partial charge in [0.25, 0.3) is 0 Å². The Labute approximate surface area is 107 Å². The van der Waals surface area contributed by atoms with E-state index in [1.807, 2.05) is 25.4 Å². The fourth-order valence-corrected chi connectivity index (χ4v) is 2.04. The lowest BCUT2D eigenvalue weighted by atomic mass is 10.0. The zero-order valence-electron chi connectivity index (χ0n) is 10.9. The van der Waals surface area contributed by atoms with Crippen LogP contribution in [0.25, 0.3) is 0 Å². The molecule has 2 N–H and O–H groups in total. The van der Waals surface area contributed by atoms with E-state index in [4.69, 9.17) is 10.5 Å². The lowest BCUT2D eigenvalue weighted by Crippen LogP contribution is -2.15. The number of aromatic nitrogens is 3. The maximum absolute atomic E-state index is 6.29. The van der Waals surface area contributed by atoms with Crippen molar-refractivity contribution in [3.05, 3.63) is 41.5 Å². The predicted molar refractivity (Wildman–Crippen MR) is 69.4 cm³/mol. The molecule has 0 saturated carbocycles. The van der Waals surface area contributed by atoms with Crippen LogP contribution in [0.4, 0.5) is 0 Å². The van der Waals surface area contributed by atoms with Crippen LogP contribution in [0.2, 0.25) is 0 Å². The summed E-state index contributed by atoms with van der Waals surface area (Å²) in [6, 6.07) is 3.38. The van der Waals surface area contributed by atoms with Gasteiger partial charge in [-0.25, -0.2) is 0 Å². The number of methoxy groups -OCH3 is 1. The first-order chi connectivity index (χ1) is 8.67. The standard InChI is InChI=1S/C13H18N4O/c1-4-10-9(8-17(2)16-10)12(14)13-11(18-3)6-5-7-15-13/h5-8,12H,4,14H2,1-3H3. The molecule has 1 atom stereocenters. The van der Waals surface area contributed by atoms with Crippen molar-refractivity contribution in [1.29, 1.82) is 0 Å². The molecule has 0 fully saturated rings. The van der Waals surface area contributed by atoms with Crippen LogP contribution in [0.1, 0.15) is 29.9 Å². The summed E-state index contributed by atoms with van der Waals surface area (Å²) >= 11 is 0. The van der Waals surface area contributed by atoms with Gasteiger partial charge in [0.15, 0.2) is 0 Å². The lowest BCUT2D eigenvalue weighted by Gasteiger charge is -2.14. The lowest BCUT2D eigenvalue weighted by molar-refractivity contribution is 0.404. The molecular formula is C13H18N4O. The van der Waals surface area contributed by atoms with Crippen LogP contribution in [0.3, 0.4) is 0 Å². The second-order valence-electron chi connectivity index (χ2n) is 4.13. The average Bonchev–Trinajstić information content (AvgIpc) is 2.79. The van der Waals surface area contributed by atoms with E-state index in [2.05, 4.69) is 17.0 Å². The van der Waals surface area contributed by atoms with E-state index < -0.39 is 0 Å². The smallest absolute Gasteiger partial charge is 0.142 e. The molecule has 0 aliphatic carbocycles. The highest BCUT2D eigenvalue weighted by atomic mass is 16.5. The third-order valence-electron chi connectivity index (χ3n) is 2.92. The van der Waals surface area contributed by atoms with Crippen LogP contribution in [-0.2, 0) is 13.5 Å². The summed E-state index contributed by atoms with van der Waals surface area (Å²) in [5.74, 6) is 0.705. The Kier molecular flexibility index (Phi) is 3.62. The second-order valence-corrected chi connectivity index (χ2v) is 4.13. The Balaban J connectivity index is 2.44. The molecule has 18 heavy (non-hydrogen) atoms. The van der Waals surface area contributed by atoms with E-state index in [0.29, 0.717) is 5.75 Å². The van der Waals surface area contributed by atoms with Crippen LogP contribution in [0.15, 0.2) is 24.5 Å². The molecule has 0 saturated heterocycles. The molecule has 2 rings (SSSR count). The number of rotatable bonds is 4. The van der Waals surface area contributed by atoms with Crippen molar-refractivity contribution in [2.45, 2.75) is 19.4 Å². The molecule has 0 bridgehead atoms. The van der Waals surface area contributed by atoms with Crippen LogP contribution in [0, 0.1) is 0 Å². The summed E-state index contributed by atoms with van der Waals surface area (Å²) in [4.78, 5) is 4.32. The number of aryl methyl sites for hydroxylation is 2. The van der Waals surface area contributed by atoms with Gasteiger partial charge in [0, 0.05) is 25.0 Å². The van der Waals surface area contributed by atoms with Crippen molar-refractivity contribution in [3.63, 3.8) is 0 Å². The van der Waals surface area contributed by atoms with Crippen molar-refractivity contribution in [3.8, 4) is 5.75 Å². The number of ether oxygens (including phenoxy) is 1. The average molecular weight is 246 g/mol. The van der Waals surface area contributed by atoms with Gasteiger partial charge in [-0.15, -0.1) is 0 Å². The third kappa shape index (κ3) is 2.22. The summed E-state index contributed by atoms with van der Waals surface area (Å²) in [5, 5.41) is 4.40. The number of pyridine rings is 1. The third-order valence-corrected chi connectivity index (χ3v) is 2.92. The first-order valence-corrected chi connectivity index (χ1v) is 5.94. The maximum Gasteiger partial charge on any atom is 0.142 e. The van der Waals surface area contributed by atoms with E-state index in [1.54, 1.807) is 18.0 Å². The highest BCUT2D eigenvalue weighted by Gasteiger charge is 2.20. The van der Waals surface area contributed by atoms with Gasteiger partial charge >= 0.3 is 0 Å². The normalized spacial score (nSPS) is 12.4. The summed E-state index contributed by atoms with van der Waals surface area (Å²) in [7, 11) is 3.52.